The number of ether oxygens (including phenoxy) is 1. The maximum absolute atomic E-state index is 11.6. The molecule has 9 heteroatoms. The van der Waals surface area contributed by atoms with Crippen molar-refractivity contribution in [1.82, 2.24) is 15.1 Å². The number of sulfone groups is 1. The number of pyridine rings is 1. The number of nitrogens with zero attached hydrogens (tertiary/aromatic N) is 4. The first-order valence-corrected chi connectivity index (χ1v) is 13.2. The lowest BCUT2D eigenvalue weighted by Gasteiger charge is -2.30. The van der Waals surface area contributed by atoms with Crippen LogP contribution in [-0.2, 0) is 9.84 Å². The number of hydrogen-bond donors (Lipinski definition) is 0. The van der Waals surface area contributed by atoms with Crippen molar-refractivity contribution >= 4 is 15.9 Å². The van der Waals surface area contributed by atoms with Gasteiger partial charge in [0.15, 0.2) is 15.7 Å². The maximum Gasteiger partial charge on any atom is 0.324 e. The molecular formula is C24H30N4O4S. The molecule has 1 aliphatic rings. The lowest BCUT2D eigenvalue weighted by atomic mass is 9.94. The summed E-state index contributed by atoms with van der Waals surface area (Å²) in [7, 11) is -3.20. The topological polar surface area (TPSA) is 98.4 Å². The van der Waals surface area contributed by atoms with E-state index in [2.05, 4.69) is 33.9 Å². The Hall–Kier alpha value is -2.94. The van der Waals surface area contributed by atoms with Crippen molar-refractivity contribution < 1.29 is 17.7 Å². The van der Waals surface area contributed by atoms with Crippen LogP contribution in [0.25, 0.3) is 11.3 Å². The molecule has 1 saturated heterocycles. The van der Waals surface area contributed by atoms with Gasteiger partial charge in [-0.2, -0.15) is 4.98 Å². The highest BCUT2D eigenvalue weighted by Crippen LogP contribution is 2.26. The molecule has 0 bridgehead atoms. The van der Waals surface area contributed by atoms with Gasteiger partial charge in [-0.3, -0.25) is 4.98 Å². The van der Waals surface area contributed by atoms with E-state index in [1.165, 1.54) is 6.26 Å². The van der Waals surface area contributed by atoms with Gasteiger partial charge >= 0.3 is 6.01 Å². The first kappa shape index (κ1) is 23.2. The Morgan fingerprint density at radius 3 is 2.42 bits per heavy atom. The van der Waals surface area contributed by atoms with E-state index in [1.807, 2.05) is 12.1 Å². The summed E-state index contributed by atoms with van der Waals surface area (Å²) in [5, 5.41) is 4.05. The van der Waals surface area contributed by atoms with E-state index in [4.69, 9.17) is 9.26 Å². The van der Waals surface area contributed by atoms with Crippen LogP contribution < -0.4 is 9.64 Å². The van der Waals surface area contributed by atoms with Gasteiger partial charge in [0.05, 0.1) is 23.4 Å². The molecule has 0 saturated carbocycles. The highest BCUT2D eigenvalue weighted by molar-refractivity contribution is 7.90. The largest absolute Gasteiger partial charge is 0.492 e. The molecule has 0 aliphatic carbocycles. The molecule has 0 unspecified atom stereocenters. The molecule has 0 spiro atoms. The molecule has 0 N–H and O–H groups in total. The highest BCUT2D eigenvalue weighted by atomic mass is 32.2. The third kappa shape index (κ3) is 5.90. The lowest BCUT2D eigenvalue weighted by Crippen LogP contribution is -2.34. The smallest absolute Gasteiger partial charge is 0.324 e. The molecular weight excluding hydrogens is 440 g/mol. The van der Waals surface area contributed by atoms with Crippen molar-refractivity contribution in [2.24, 2.45) is 5.92 Å². The minimum absolute atomic E-state index is 0.265. The Morgan fingerprint density at radius 2 is 1.85 bits per heavy atom. The first-order chi connectivity index (χ1) is 15.8. The van der Waals surface area contributed by atoms with Crippen LogP contribution in [0.1, 0.15) is 44.9 Å². The van der Waals surface area contributed by atoms with Crippen LogP contribution in [0.5, 0.6) is 5.75 Å². The van der Waals surface area contributed by atoms with Gasteiger partial charge in [0.25, 0.3) is 0 Å². The standard InChI is InChI=1S/C24H30N4O4S/c1-17(2)23-26-24(32-27-23)28-13-10-18(11-14-28)12-15-31-20-6-9-22(25-16-20)19-4-7-21(8-5-19)33(3,29)30/h4-9,16-18H,10-15H2,1-3H3. The van der Waals surface area contributed by atoms with Crippen LogP contribution in [0.15, 0.2) is 52.0 Å². The minimum Gasteiger partial charge on any atom is -0.492 e. The second-order valence-corrected chi connectivity index (χ2v) is 10.8. The summed E-state index contributed by atoms with van der Waals surface area (Å²) in [5.74, 6) is 2.36. The van der Waals surface area contributed by atoms with Crippen molar-refractivity contribution in [1.29, 1.82) is 0 Å². The van der Waals surface area contributed by atoms with Crippen LogP contribution in [0, 0.1) is 5.92 Å². The van der Waals surface area contributed by atoms with Crippen LogP contribution in [0.3, 0.4) is 0 Å². The zero-order valence-electron chi connectivity index (χ0n) is 19.3. The van der Waals surface area contributed by atoms with Crippen LogP contribution >= 0.6 is 0 Å². The summed E-state index contributed by atoms with van der Waals surface area (Å²) in [6, 6.07) is 11.2. The van der Waals surface area contributed by atoms with Crippen LogP contribution in [0.2, 0.25) is 0 Å². The number of rotatable bonds is 8. The fourth-order valence-electron chi connectivity index (χ4n) is 3.86. The van der Waals surface area contributed by atoms with Crippen LogP contribution in [-0.4, -0.2) is 49.5 Å². The number of hydrogen-bond acceptors (Lipinski definition) is 8. The summed E-state index contributed by atoms with van der Waals surface area (Å²) >= 11 is 0. The van der Waals surface area contributed by atoms with E-state index in [-0.39, 0.29) is 5.92 Å². The molecule has 33 heavy (non-hydrogen) atoms. The Morgan fingerprint density at radius 1 is 1.12 bits per heavy atom. The fraction of sp³-hybridized carbons (Fsp3) is 0.458. The molecule has 8 nitrogen and oxygen atoms in total. The molecule has 2 aromatic heterocycles. The van der Waals surface area contributed by atoms with Crippen molar-refractivity contribution in [2.45, 2.75) is 43.9 Å². The Balaban J connectivity index is 1.22. The van der Waals surface area contributed by atoms with Gasteiger partial charge in [-0.1, -0.05) is 31.1 Å². The van der Waals surface area contributed by atoms with Crippen LogP contribution in [0.4, 0.5) is 6.01 Å². The zero-order valence-corrected chi connectivity index (χ0v) is 20.1. The van der Waals surface area contributed by atoms with E-state index < -0.39 is 9.84 Å². The van der Waals surface area contributed by atoms with Crippen molar-refractivity contribution in [3.63, 3.8) is 0 Å². The lowest BCUT2D eigenvalue weighted by molar-refractivity contribution is 0.255. The van der Waals surface area contributed by atoms with Gasteiger partial charge in [-0.05, 0) is 49.4 Å². The zero-order chi connectivity index (χ0) is 23.4. The molecule has 3 heterocycles. The quantitative estimate of drug-likeness (QED) is 0.479. The summed E-state index contributed by atoms with van der Waals surface area (Å²) in [6.45, 7) is 6.59. The molecule has 1 aliphatic heterocycles. The van der Waals surface area contributed by atoms with E-state index in [9.17, 15) is 8.42 Å². The summed E-state index contributed by atoms with van der Waals surface area (Å²) in [6.07, 6.45) is 6.05. The third-order valence-corrected chi connectivity index (χ3v) is 7.07. The van der Waals surface area contributed by atoms with Gasteiger partial charge in [0.2, 0.25) is 0 Å². The normalized spacial score (nSPS) is 15.2. The molecule has 3 aromatic rings. The molecule has 1 fully saturated rings. The summed E-state index contributed by atoms with van der Waals surface area (Å²) in [5.41, 5.74) is 1.64. The van der Waals surface area contributed by atoms with E-state index >= 15 is 0 Å². The number of aromatic nitrogens is 3. The van der Waals surface area contributed by atoms with Gasteiger partial charge in [0, 0.05) is 30.8 Å². The number of piperidine rings is 1. The van der Waals surface area contributed by atoms with Crippen molar-refractivity contribution in [2.75, 3.05) is 30.9 Å². The van der Waals surface area contributed by atoms with Crippen molar-refractivity contribution in [3.8, 4) is 17.0 Å². The van der Waals surface area contributed by atoms with Gasteiger partial charge in [0.1, 0.15) is 5.75 Å². The maximum atomic E-state index is 11.6. The molecule has 1 aromatic carbocycles. The average Bonchev–Trinajstić information content (AvgIpc) is 3.30. The third-order valence-electron chi connectivity index (χ3n) is 5.94. The Labute approximate surface area is 194 Å². The average molecular weight is 471 g/mol. The first-order valence-electron chi connectivity index (χ1n) is 11.3. The second kappa shape index (κ2) is 9.91. The van der Waals surface area contributed by atoms with Gasteiger partial charge < -0.3 is 14.2 Å². The second-order valence-electron chi connectivity index (χ2n) is 8.83. The molecule has 0 radical (unpaired) electrons. The fourth-order valence-corrected chi connectivity index (χ4v) is 4.49. The van der Waals surface area contributed by atoms with Crippen molar-refractivity contribution in [3.05, 3.63) is 48.4 Å². The molecule has 0 atom stereocenters. The van der Waals surface area contributed by atoms with E-state index in [1.54, 1.807) is 30.5 Å². The van der Waals surface area contributed by atoms with Gasteiger partial charge in [-0.25, -0.2) is 8.42 Å². The monoisotopic (exact) mass is 470 g/mol. The SMILES string of the molecule is CC(C)c1noc(N2CCC(CCOc3ccc(-c4ccc(S(C)(=O)=O)cc4)nc3)CC2)n1. The Kier molecular flexibility index (Phi) is 6.97. The number of anilines is 1. The Bertz CT molecular complexity index is 1150. The molecule has 0 amide bonds. The molecule has 176 valence electrons. The van der Waals surface area contributed by atoms with E-state index in [0.717, 1.165) is 55.2 Å². The highest BCUT2D eigenvalue weighted by Gasteiger charge is 2.23. The molecule has 4 rings (SSSR count). The predicted molar refractivity (Wildman–Crippen MR) is 126 cm³/mol. The van der Waals surface area contributed by atoms with E-state index in [0.29, 0.717) is 23.4 Å². The minimum atomic E-state index is -3.20. The number of benzene rings is 1. The van der Waals surface area contributed by atoms with Gasteiger partial charge in [-0.15, -0.1) is 0 Å². The predicted octanol–water partition coefficient (Wildman–Crippen LogP) is 4.34. The summed E-state index contributed by atoms with van der Waals surface area (Å²) in [4.78, 5) is 11.4. The summed E-state index contributed by atoms with van der Waals surface area (Å²) < 4.78 is 34.5.